The van der Waals surface area contributed by atoms with Crippen molar-refractivity contribution in [3.8, 4) is 0 Å². The summed E-state index contributed by atoms with van der Waals surface area (Å²) in [5.74, 6) is -2.21. The van der Waals surface area contributed by atoms with Crippen molar-refractivity contribution in [2.45, 2.75) is 64.3 Å². The average Bonchev–Trinajstić information content (AvgIpc) is 2.97. The fourth-order valence-electron chi connectivity index (χ4n) is 3.55. The number of allylic oxidation sites excluding steroid dienone is 1. The van der Waals surface area contributed by atoms with Gasteiger partial charge in [-0.2, -0.15) is 0 Å². The van der Waals surface area contributed by atoms with Crippen molar-refractivity contribution in [2.75, 3.05) is 19.7 Å². The largest absolute Gasteiger partial charge is 0.454 e. The Kier molecular flexibility index (Phi) is 8.37. The number of carbonyl (C=O) groups is 5. The van der Waals surface area contributed by atoms with Crippen LogP contribution in [-0.2, 0) is 19.1 Å². The van der Waals surface area contributed by atoms with Gasteiger partial charge in [-0.05, 0) is 44.9 Å². The number of amides is 6. The summed E-state index contributed by atoms with van der Waals surface area (Å²) in [4.78, 5) is 60.6. The number of nitrogens with zero attached hydrogens (tertiary/aromatic N) is 1. The Labute approximate surface area is 175 Å². The molecule has 0 atom stereocenters. The minimum Gasteiger partial charge on any atom is -0.454 e. The highest BCUT2D eigenvalue weighted by Gasteiger charge is 2.49. The highest BCUT2D eigenvalue weighted by Crippen LogP contribution is 2.24. The normalized spacial score (nSPS) is 17.8. The minimum absolute atomic E-state index is 0.397. The van der Waals surface area contributed by atoms with Crippen LogP contribution in [0.15, 0.2) is 11.6 Å². The van der Waals surface area contributed by atoms with Crippen LogP contribution < -0.4 is 16.0 Å². The van der Waals surface area contributed by atoms with Gasteiger partial charge in [0.2, 0.25) is 0 Å². The molecular weight excluding hydrogens is 392 g/mol. The van der Waals surface area contributed by atoms with Crippen molar-refractivity contribution in [3.05, 3.63) is 11.6 Å². The molecular formula is C20H30N4O6. The third-order valence-corrected chi connectivity index (χ3v) is 5.47. The number of hydrogen-bond donors (Lipinski definition) is 3. The first-order chi connectivity index (χ1) is 14.3. The van der Waals surface area contributed by atoms with Crippen LogP contribution in [0.25, 0.3) is 0 Å². The number of esters is 1. The smallest absolute Gasteiger partial charge is 0.326 e. The third-order valence-electron chi connectivity index (χ3n) is 5.47. The van der Waals surface area contributed by atoms with Gasteiger partial charge in [0.15, 0.2) is 6.61 Å². The lowest BCUT2D eigenvalue weighted by molar-refractivity contribution is -0.151. The molecule has 30 heavy (non-hydrogen) atoms. The number of hydrogen-bond acceptors (Lipinski definition) is 6. The molecule has 1 aliphatic heterocycles. The second-order valence-electron chi connectivity index (χ2n) is 7.43. The van der Waals surface area contributed by atoms with Crippen LogP contribution in [0, 0.1) is 0 Å². The minimum atomic E-state index is -1.01. The van der Waals surface area contributed by atoms with Crippen molar-refractivity contribution >= 4 is 29.8 Å². The first kappa shape index (κ1) is 23.4. The van der Waals surface area contributed by atoms with Crippen LogP contribution in [0.2, 0.25) is 0 Å². The Balaban J connectivity index is 1.68. The molecule has 1 aliphatic carbocycles. The lowest BCUT2D eigenvalue weighted by Gasteiger charge is -2.22. The average molecular weight is 422 g/mol. The Hall–Kier alpha value is -2.91. The molecule has 1 heterocycles. The molecule has 0 aromatic rings. The molecule has 0 unspecified atom stereocenters. The van der Waals surface area contributed by atoms with Crippen LogP contribution in [0.3, 0.4) is 0 Å². The molecule has 10 nitrogen and oxygen atoms in total. The predicted molar refractivity (Wildman–Crippen MR) is 107 cm³/mol. The quantitative estimate of drug-likeness (QED) is 0.292. The van der Waals surface area contributed by atoms with Gasteiger partial charge in [-0.1, -0.05) is 25.5 Å². The van der Waals surface area contributed by atoms with Gasteiger partial charge in [-0.3, -0.25) is 24.6 Å². The van der Waals surface area contributed by atoms with Crippen molar-refractivity contribution < 1.29 is 28.7 Å². The van der Waals surface area contributed by atoms with Crippen LogP contribution in [0.5, 0.6) is 0 Å². The molecule has 6 amide bonds. The molecule has 0 aromatic carbocycles. The standard InChI is InChI=1S/C20H30N4O6/c1-3-20(4-2)17(27)24(19(29)23-20)12-16(26)30-13-15(25)22-18(28)21-11-10-14-8-6-5-7-9-14/h8H,3-7,9-13H2,1-2H3,(H,23,29)(H2,21,22,25,28). The summed E-state index contributed by atoms with van der Waals surface area (Å²) in [6.45, 7) is 2.66. The van der Waals surface area contributed by atoms with Crippen molar-refractivity contribution in [1.82, 2.24) is 20.9 Å². The van der Waals surface area contributed by atoms with E-state index >= 15 is 0 Å². The Morgan fingerprint density at radius 1 is 1.20 bits per heavy atom. The van der Waals surface area contributed by atoms with E-state index in [2.05, 4.69) is 22.0 Å². The molecule has 0 radical (unpaired) electrons. The topological polar surface area (TPSA) is 134 Å². The summed E-state index contributed by atoms with van der Waals surface area (Å²) in [6, 6.07) is -1.34. The zero-order valence-electron chi connectivity index (χ0n) is 17.5. The molecule has 1 fully saturated rings. The maximum absolute atomic E-state index is 12.4. The number of imide groups is 2. The first-order valence-corrected chi connectivity index (χ1v) is 10.4. The summed E-state index contributed by atoms with van der Waals surface area (Å²) in [5, 5.41) is 7.25. The first-order valence-electron chi connectivity index (χ1n) is 10.4. The van der Waals surface area contributed by atoms with E-state index in [1.807, 2.05) is 0 Å². The molecule has 166 valence electrons. The lowest BCUT2D eigenvalue weighted by atomic mass is 9.93. The zero-order chi connectivity index (χ0) is 22.1. The monoisotopic (exact) mass is 422 g/mol. The molecule has 0 aromatic heterocycles. The molecule has 1 saturated heterocycles. The van der Waals surface area contributed by atoms with Gasteiger partial charge in [0.25, 0.3) is 11.8 Å². The van der Waals surface area contributed by atoms with Crippen LogP contribution in [-0.4, -0.2) is 60.0 Å². The van der Waals surface area contributed by atoms with Crippen LogP contribution >= 0.6 is 0 Å². The summed E-state index contributed by atoms with van der Waals surface area (Å²) in [6.07, 6.45) is 8.16. The van der Waals surface area contributed by atoms with Gasteiger partial charge >= 0.3 is 18.0 Å². The maximum Gasteiger partial charge on any atom is 0.326 e. The number of rotatable bonds is 9. The summed E-state index contributed by atoms with van der Waals surface area (Å²) in [5.41, 5.74) is 0.290. The van der Waals surface area contributed by atoms with Gasteiger partial charge in [0, 0.05) is 6.54 Å². The second kappa shape index (κ2) is 10.7. The second-order valence-corrected chi connectivity index (χ2v) is 7.43. The van der Waals surface area contributed by atoms with Gasteiger partial charge in [0.1, 0.15) is 12.1 Å². The number of ether oxygens (including phenoxy) is 1. The van der Waals surface area contributed by atoms with Gasteiger partial charge in [-0.25, -0.2) is 9.59 Å². The molecule has 2 aliphatic rings. The molecule has 0 saturated carbocycles. The fourth-order valence-corrected chi connectivity index (χ4v) is 3.55. The zero-order valence-corrected chi connectivity index (χ0v) is 17.5. The van der Waals surface area contributed by atoms with Gasteiger partial charge in [-0.15, -0.1) is 0 Å². The van der Waals surface area contributed by atoms with Crippen molar-refractivity contribution in [2.24, 2.45) is 0 Å². The Bertz CT molecular complexity index is 729. The van der Waals surface area contributed by atoms with E-state index in [9.17, 15) is 24.0 Å². The molecule has 10 heteroatoms. The number of carbonyl (C=O) groups excluding carboxylic acids is 5. The Morgan fingerprint density at radius 3 is 2.53 bits per heavy atom. The number of nitrogens with one attached hydrogen (secondary N) is 3. The van der Waals surface area contributed by atoms with E-state index in [0.29, 0.717) is 19.4 Å². The lowest BCUT2D eigenvalue weighted by Crippen LogP contribution is -2.46. The van der Waals surface area contributed by atoms with E-state index in [1.54, 1.807) is 13.8 Å². The maximum atomic E-state index is 12.4. The molecule has 0 bridgehead atoms. The van der Waals surface area contributed by atoms with Gasteiger partial charge < -0.3 is 15.4 Å². The van der Waals surface area contributed by atoms with Crippen LogP contribution in [0.1, 0.15) is 58.8 Å². The molecule has 2 rings (SSSR count). The summed E-state index contributed by atoms with van der Waals surface area (Å²) < 4.78 is 4.78. The van der Waals surface area contributed by atoms with Crippen molar-refractivity contribution in [1.29, 1.82) is 0 Å². The summed E-state index contributed by atoms with van der Waals surface area (Å²) >= 11 is 0. The van der Waals surface area contributed by atoms with Crippen LogP contribution in [0.4, 0.5) is 9.59 Å². The summed E-state index contributed by atoms with van der Waals surface area (Å²) in [7, 11) is 0. The molecule has 3 N–H and O–H groups in total. The molecule has 0 spiro atoms. The van der Waals surface area contributed by atoms with Crippen molar-refractivity contribution in [3.63, 3.8) is 0 Å². The predicted octanol–water partition coefficient (Wildman–Crippen LogP) is 1.36. The van der Waals surface area contributed by atoms with E-state index in [-0.39, 0.29) is 0 Å². The Morgan fingerprint density at radius 2 is 1.93 bits per heavy atom. The van der Waals surface area contributed by atoms with Gasteiger partial charge in [0.05, 0.1) is 0 Å². The third kappa shape index (κ3) is 6.04. The SMILES string of the molecule is CCC1(CC)NC(=O)N(CC(=O)OCC(=O)NC(=O)NCCC2=CCCCC2)C1=O. The van der Waals surface area contributed by atoms with E-state index in [4.69, 9.17) is 4.74 Å². The fraction of sp³-hybridized carbons (Fsp3) is 0.650. The van der Waals surface area contributed by atoms with E-state index < -0.39 is 48.5 Å². The number of urea groups is 2. The highest BCUT2D eigenvalue weighted by molar-refractivity contribution is 6.08. The highest BCUT2D eigenvalue weighted by atomic mass is 16.5. The van der Waals surface area contributed by atoms with E-state index in [0.717, 1.165) is 30.6 Å². The van der Waals surface area contributed by atoms with E-state index in [1.165, 1.54) is 12.0 Å².